The summed E-state index contributed by atoms with van der Waals surface area (Å²) in [7, 11) is 0. The molecule has 0 saturated carbocycles. The Morgan fingerprint density at radius 3 is 3.08 bits per heavy atom. The number of fused-ring (bicyclic) bond motifs is 1. The van der Waals surface area contributed by atoms with Crippen LogP contribution in [0, 0.1) is 5.92 Å². The molecule has 1 aliphatic heterocycles. The Balaban J connectivity index is 2.35. The predicted octanol–water partition coefficient (Wildman–Crippen LogP) is 2.25. The molecule has 1 atom stereocenters. The van der Waals surface area contributed by atoms with Crippen molar-refractivity contribution >= 4 is 5.78 Å². The van der Waals surface area contributed by atoms with E-state index in [-0.39, 0.29) is 18.0 Å². The van der Waals surface area contributed by atoms with Crippen LogP contribution in [-0.4, -0.2) is 5.78 Å². The number of rotatable bonds is 0. The lowest BCUT2D eigenvalue weighted by atomic mass is 9.91. The van der Waals surface area contributed by atoms with Gasteiger partial charge in [0.15, 0.2) is 5.78 Å². The largest absolute Gasteiger partial charge is 0.465 e. The highest BCUT2D eigenvalue weighted by Crippen LogP contribution is 2.32. The second-order valence-electron chi connectivity index (χ2n) is 3.20. The first-order chi connectivity index (χ1) is 6.16. The molecule has 1 heterocycles. The molecule has 0 spiro atoms. The SMILES string of the molecule is CC1=CC(=O)C2CC(F)=CC=C2O1. The molecule has 0 aromatic rings. The van der Waals surface area contributed by atoms with Crippen LogP contribution in [0.3, 0.4) is 0 Å². The second-order valence-corrected chi connectivity index (χ2v) is 3.20. The number of hydrogen-bond donors (Lipinski definition) is 0. The lowest BCUT2D eigenvalue weighted by Gasteiger charge is -2.24. The summed E-state index contributed by atoms with van der Waals surface area (Å²) < 4.78 is 18.1. The van der Waals surface area contributed by atoms with Crippen molar-refractivity contribution < 1.29 is 13.9 Å². The molecule has 0 bridgehead atoms. The molecule has 1 aliphatic carbocycles. The van der Waals surface area contributed by atoms with Gasteiger partial charge in [-0.1, -0.05) is 0 Å². The van der Waals surface area contributed by atoms with E-state index in [9.17, 15) is 9.18 Å². The monoisotopic (exact) mass is 180 g/mol. The van der Waals surface area contributed by atoms with Crippen LogP contribution in [0.2, 0.25) is 0 Å². The van der Waals surface area contributed by atoms with Crippen molar-refractivity contribution in [2.75, 3.05) is 0 Å². The molecule has 68 valence electrons. The molecule has 0 fully saturated rings. The minimum absolute atomic E-state index is 0.0711. The maximum absolute atomic E-state index is 12.8. The Morgan fingerprint density at radius 1 is 1.54 bits per heavy atom. The molecule has 0 aromatic heterocycles. The maximum atomic E-state index is 12.8. The van der Waals surface area contributed by atoms with Gasteiger partial charge in [-0.15, -0.1) is 0 Å². The van der Waals surface area contributed by atoms with Gasteiger partial charge in [-0.3, -0.25) is 4.79 Å². The lowest BCUT2D eigenvalue weighted by molar-refractivity contribution is -0.119. The standard InChI is InChI=1S/C10H9FO2/c1-6-4-9(12)8-5-7(11)2-3-10(8)13-6/h2-4,8H,5H2,1H3. The zero-order valence-corrected chi connectivity index (χ0v) is 7.21. The fourth-order valence-electron chi connectivity index (χ4n) is 1.51. The van der Waals surface area contributed by atoms with Gasteiger partial charge >= 0.3 is 0 Å². The van der Waals surface area contributed by atoms with Crippen LogP contribution in [0.5, 0.6) is 0 Å². The molecule has 0 radical (unpaired) electrons. The van der Waals surface area contributed by atoms with Crippen molar-refractivity contribution in [3.8, 4) is 0 Å². The third-order valence-corrected chi connectivity index (χ3v) is 2.14. The molecule has 13 heavy (non-hydrogen) atoms. The third-order valence-electron chi connectivity index (χ3n) is 2.14. The second kappa shape index (κ2) is 2.83. The van der Waals surface area contributed by atoms with Gasteiger partial charge in [0.25, 0.3) is 0 Å². The minimum Gasteiger partial charge on any atom is -0.465 e. The summed E-state index contributed by atoms with van der Waals surface area (Å²) in [5, 5.41) is 0. The maximum Gasteiger partial charge on any atom is 0.170 e. The van der Waals surface area contributed by atoms with E-state index in [1.54, 1.807) is 6.92 Å². The molecule has 2 nitrogen and oxygen atoms in total. The van der Waals surface area contributed by atoms with Crippen molar-refractivity contribution in [2.24, 2.45) is 5.92 Å². The lowest BCUT2D eigenvalue weighted by Crippen LogP contribution is -2.23. The quantitative estimate of drug-likeness (QED) is 0.571. The van der Waals surface area contributed by atoms with Gasteiger partial charge in [-0.25, -0.2) is 4.39 Å². The predicted molar refractivity (Wildman–Crippen MR) is 45.2 cm³/mol. The molecule has 0 aromatic carbocycles. The van der Waals surface area contributed by atoms with Crippen LogP contribution < -0.4 is 0 Å². The fraction of sp³-hybridized carbons (Fsp3) is 0.300. The Hall–Kier alpha value is -1.38. The summed E-state index contributed by atoms with van der Waals surface area (Å²) in [5.41, 5.74) is 0. The smallest absolute Gasteiger partial charge is 0.170 e. The molecule has 1 unspecified atom stereocenters. The van der Waals surface area contributed by atoms with Crippen molar-refractivity contribution in [3.63, 3.8) is 0 Å². The molecule has 0 saturated heterocycles. The van der Waals surface area contributed by atoms with Gasteiger partial charge in [-0.05, 0) is 19.1 Å². The van der Waals surface area contributed by atoms with Crippen molar-refractivity contribution in [1.29, 1.82) is 0 Å². The number of hydrogen-bond acceptors (Lipinski definition) is 2. The topological polar surface area (TPSA) is 26.3 Å². The first-order valence-corrected chi connectivity index (χ1v) is 4.13. The van der Waals surface area contributed by atoms with Gasteiger partial charge < -0.3 is 4.74 Å². The van der Waals surface area contributed by atoms with Gasteiger partial charge in [0.1, 0.15) is 17.3 Å². The van der Waals surface area contributed by atoms with Crippen LogP contribution >= 0.6 is 0 Å². The molecular weight excluding hydrogens is 171 g/mol. The summed E-state index contributed by atoms with van der Waals surface area (Å²) in [6.07, 6.45) is 4.42. The average Bonchev–Trinajstić information content (AvgIpc) is 2.06. The Morgan fingerprint density at radius 2 is 2.31 bits per heavy atom. The van der Waals surface area contributed by atoms with E-state index < -0.39 is 5.92 Å². The molecule has 3 heteroatoms. The molecular formula is C10H9FO2. The molecule has 0 N–H and O–H groups in total. The number of ether oxygens (including phenoxy) is 1. The Bertz CT molecular complexity index is 350. The zero-order chi connectivity index (χ0) is 9.42. The molecule has 0 amide bonds. The van der Waals surface area contributed by atoms with E-state index in [0.717, 1.165) is 0 Å². The van der Waals surface area contributed by atoms with Crippen LogP contribution in [0.1, 0.15) is 13.3 Å². The Kier molecular flexibility index (Phi) is 1.79. The number of carbonyl (C=O) groups is 1. The van der Waals surface area contributed by atoms with Crippen molar-refractivity contribution in [2.45, 2.75) is 13.3 Å². The fourth-order valence-corrected chi connectivity index (χ4v) is 1.51. The average molecular weight is 180 g/mol. The number of carbonyl (C=O) groups excluding carboxylic acids is 1. The van der Waals surface area contributed by atoms with Crippen LogP contribution in [-0.2, 0) is 9.53 Å². The zero-order valence-electron chi connectivity index (χ0n) is 7.21. The van der Waals surface area contributed by atoms with Gasteiger partial charge in [0.05, 0.1) is 5.92 Å². The van der Waals surface area contributed by atoms with Crippen LogP contribution in [0.25, 0.3) is 0 Å². The summed E-state index contributed by atoms with van der Waals surface area (Å²) in [5.74, 6) is 0.361. The first kappa shape index (κ1) is 8.23. The first-order valence-electron chi connectivity index (χ1n) is 4.13. The number of allylic oxidation sites excluding steroid dienone is 6. The van der Waals surface area contributed by atoms with Crippen LogP contribution in [0.4, 0.5) is 4.39 Å². The number of halogens is 1. The van der Waals surface area contributed by atoms with E-state index in [2.05, 4.69) is 0 Å². The van der Waals surface area contributed by atoms with E-state index in [1.165, 1.54) is 18.2 Å². The van der Waals surface area contributed by atoms with E-state index in [1.807, 2.05) is 0 Å². The molecule has 2 rings (SSSR count). The normalized spacial score (nSPS) is 26.8. The third kappa shape index (κ3) is 1.41. The van der Waals surface area contributed by atoms with E-state index in [4.69, 9.17) is 4.74 Å². The molecule has 2 aliphatic rings. The number of ketones is 1. The van der Waals surface area contributed by atoms with E-state index in [0.29, 0.717) is 11.5 Å². The van der Waals surface area contributed by atoms with E-state index >= 15 is 0 Å². The highest BCUT2D eigenvalue weighted by Gasteiger charge is 2.30. The van der Waals surface area contributed by atoms with Crippen molar-refractivity contribution in [3.05, 3.63) is 35.6 Å². The van der Waals surface area contributed by atoms with Gasteiger partial charge in [-0.2, -0.15) is 0 Å². The Labute approximate surface area is 75.4 Å². The van der Waals surface area contributed by atoms with Gasteiger partial charge in [0, 0.05) is 12.5 Å². The summed E-state index contributed by atoms with van der Waals surface area (Å²) >= 11 is 0. The summed E-state index contributed by atoms with van der Waals surface area (Å²) in [6, 6.07) is 0. The minimum atomic E-state index is -0.436. The summed E-state index contributed by atoms with van der Waals surface area (Å²) in [4.78, 5) is 11.4. The highest BCUT2D eigenvalue weighted by molar-refractivity contribution is 5.95. The van der Waals surface area contributed by atoms with Gasteiger partial charge in [0.2, 0.25) is 0 Å². The highest BCUT2D eigenvalue weighted by atomic mass is 19.1. The summed E-state index contributed by atoms with van der Waals surface area (Å²) in [6.45, 7) is 1.71. The van der Waals surface area contributed by atoms with Crippen LogP contribution in [0.15, 0.2) is 35.6 Å². The van der Waals surface area contributed by atoms with Crippen molar-refractivity contribution in [1.82, 2.24) is 0 Å².